The Labute approximate surface area is 88.7 Å². The van der Waals surface area contributed by atoms with Crippen molar-refractivity contribution in [3.05, 3.63) is 48.1 Å². The third-order valence-electron chi connectivity index (χ3n) is 1.92. The molecule has 0 heterocycles. The minimum Gasteiger partial charge on any atom is -0.0877 e. The van der Waals surface area contributed by atoms with Crippen LogP contribution >= 0.6 is 0 Å². The van der Waals surface area contributed by atoms with Crippen LogP contribution < -0.4 is 0 Å². The van der Waals surface area contributed by atoms with Gasteiger partial charge in [-0.15, -0.1) is 0 Å². The zero-order chi connectivity index (χ0) is 10.6. The molecule has 0 saturated carbocycles. The smallest absolute Gasteiger partial charge is 0.0307 e. The molecule has 0 aliphatic heterocycles. The zero-order valence-electron chi connectivity index (χ0n) is 9.66. The van der Waals surface area contributed by atoms with E-state index < -0.39 is 0 Å². The molecule has 0 aliphatic carbocycles. The maximum atomic E-state index is 2.21. The van der Waals surface area contributed by atoms with Gasteiger partial charge in [0.15, 0.2) is 0 Å². The normalized spacial score (nSPS) is 13.8. The molecule has 0 amide bonds. The monoisotopic (exact) mass is 190 g/mol. The molecule has 0 saturated heterocycles. The van der Waals surface area contributed by atoms with Crippen LogP contribution in [0, 0.1) is 0 Å². The van der Waals surface area contributed by atoms with Crippen LogP contribution in [0.1, 0.15) is 40.0 Å². The third-order valence-corrected chi connectivity index (χ3v) is 1.92. The molecule has 0 radical (unpaired) electrons. The van der Waals surface area contributed by atoms with E-state index in [4.69, 9.17) is 0 Å². The second-order valence-electron chi connectivity index (χ2n) is 3.20. The molecule has 0 aromatic carbocycles. The Bertz CT molecular complexity index is 226. The van der Waals surface area contributed by atoms with Gasteiger partial charge in [-0.1, -0.05) is 62.8 Å². The van der Waals surface area contributed by atoms with Crippen LogP contribution in [0.4, 0.5) is 0 Å². The van der Waals surface area contributed by atoms with E-state index in [1.807, 2.05) is 6.92 Å². The lowest BCUT2D eigenvalue weighted by molar-refractivity contribution is 0.959. The van der Waals surface area contributed by atoms with Crippen LogP contribution in [-0.4, -0.2) is 0 Å². The summed E-state index contributed by atoms with van der Waals surface area (Å²) in [5.41, 5.74) is 1.37. The van der Waals surface area contributed by atoms with Crippen molar-refractivity contribution in [2.45, 2.75) is 40.0 Å². The molecule has 0 rings (SSSR count). The van der Waals surface area contributed by atoms with E-state index in [1.165, 1.54) is 18.4 Å². The summed E-state index contributed by atoms with van der Waals surface area (Å²) in [5, 5.41) is 0. The van der Waals surface area contributed by atoms with E-state index >= 15 is 0 Å². The standard InChI is InChI=1S/C14H22/c1-4-7-9-10-11-13-14(6-3)12-8-5-2/h5,8-13H,4,6-7H2,1-3H3. The summed E-state index contributed by atoms with van der Waals surface area (Å²) in [5.74, 6) is 0. The molecule has 0 spiro atoms. The summed E-state index contributed by atoms with van der Waals surface area (Å²) in [6.45, 7) is 6.40. The zero-order valence-corrected chi connectivity index (χ0v) is 9.66. The first-order valence-corrected chi connectivity index (χ1v) is 5.50. The average molecular weight is 190 g/mol. The lowest BCUT2D eigenvalue weighted by atomic mass is 10.1. The first-order chi connectivity index (χ1) is 6.85. The first kappa shape index (κ1) is 13.0. The first-order valence-electron chi connectivity index (χ1n) is 5.50. The fraction of sp³-hybridized carbons (Fsp3) is 0.429. The number of unbranched alkanes of at least 4 members (excludes halogenated alkanes) is 1. The van der Waals surface area contributed by atoms with E-state index in [0.717, 1.165) is 6.42 Å². The summed E-state index contributed by atoms with van der Waals surface area (Å²) in [4.78, 5) is 0. The van der Waals surface area contributed by atoms with Crippen LogP contribution in [0.5, 0.6) is 0 Å². The van der Waals surface area contributed by atoms with Crippen LogP contribution in [0.2, 0.25) is 0 Å². The Balaban J connectivity index is 4.04. The Morgan fingerprint density at radius 1 is 1.07 bits per heavy atom. The van der Waals surface area contributed by atoms with Crippen molar-refractivity contribution >= 4 is 0 Å². The van der Waals surface area contributed by atoms with Crippen molar-refractivity contribution in [1.29, 1.82) is 0 Å². The van der Waals surface area contributed by atoms with Crippen LogP contribution in [0.25, 0.3) is 0 Å². The molecule has 0 unspecified atom stereocenters. The minimum absolute atomic E-state index is 1.09. The van der Waals surface area contributed by atoms with Crippen LogP contribution in [0.3, 0.4) is 0 Å². The van der Waals surface area contributed by atoms with Gasteiger partial charge in [0, 0.05) is 0 Å². The van der Waals surface area contributed by atoms with Crippen molar-refractivity contribution in [2.75, 3.05) is 0 Å². The second kappa shape index (κ2) is 10.0. The maximum Gasteiger partial charge on any atom is -0.0307 e. The lowest BCUT2D eigenvalue weighted by Gasteiger charge is -1.92. The summed E-state index contributed by atoms with van der Waals surface area (Å²) in [6.07, 6.45) is 18.4. The van der Waals surface area contributed by atoms with Gasteiger partial charge < -0.3 is 0 Å². The summed E-state index contributed by atoms with van der Waals surface area (Å²) in [6, 6.07) is 0. The summed E-state index contributed by atoms with van der Waals surface area (Å²) in [7, 11) is 0. The van der Waals surface area contributed by atoms with Gasteiger partial charge in [0.05, 0.1) is 0 Å². The molecule has 0 aliphatic rings. The fourth-order valence-corrected chi connectivity index (χ4v) is 1.03. The molecule has 0 aromatic heterocycles. The van der Waals surface area contributed by atoms with Gasteiger partial charge in [-0.05, 0) is 25.3 Å². The highest BCUT2D eigenvalue weighted by atomic mass is 13.9. The Kier molecular flexibility index (Phi) is 9.30. The lowest BCUT2D eigenvalue weighted by Crippen LogP contribution is -1.72. The number of allylic oxidation sites excluding steroid dienone is 8. The average Bonchev–Trinajstić information content (AvgIpc) is 2.22. The molecule has 0 bridgehead atoms. The van der Waals surface area contributed by atoms with E-state index in [9.17, 15) is 0 Å². The maximum absolute atomic E-state index is 2.21. The van der Waals surface area contributed by atoms with E-state index in [1.54, 1.807) is 0 Å². The second-order valence-corrected chi connectivity index (χ2v) is 3.20. The van der Waals surface area contributed by atoms with Crippen molar-refractivity contribution in [1.82, 2.24) is 0 Å². The Morgan fingerprint density at radius 2 is 1.86 bits per heavy atom. The number of hydrogen-bond acceptors (Lipinski definition) is 0. The molecule has 0 atom stereocenters. The van der Waals surface area contributed by atoms with Crippen LogP contribution in [-0.2, 0) is 0 Å². The van der Waals surface area contributed by atoms with Crippen molar-refractivity contribution in [3.63, 3.8) is 0 Å². The van der Waals surface area contributed by atoms with Gasteiger partial charge in [-0.25, -0.2) is 0 Å². The van der Waals surface area contributed by atoms with E-state index in [0.29, 0.717) is 0 Å². The van der Waals surface area contributed by atoms with Crippen LogP contribution in [0.15, 0.2) is 48.1 Å². The molecule has 78 valence electrons. The predicted molar refractivity (Wildman–Crippen MR) is 66.4 cm³/mol. The highest BCUT2D eigenvalue weighted by molar-refractivity contribution is 5.25. The van der Waals surface area contributed by atoms with Gasteiger partial charge in [0.25, 0.3) is 0 Å². The highest BCUT2D eigenvalue weighted by Crippen LogP contribution is 2.03. The molecule has 0 nitrogen and oxygen atoms in total. The Hall–Kier alpha value is -1.04. The minimum atomic E-state index is 1.09. The molecule has 0 aromatic rings. The fourth-order valence-electron chi connectivity index (χ4n) is 1.03. The topological polar surface area (TPSA) is 0 Å². The van der Waals surface area contributed by atoms with Gasteiger partial charge in [-0.3, -0.25) is 0 Å². The van der Waals surface area contributed by atoms with Gasteiger partial charge in [0.2, 0.25) is 0 Å². The van der Waals surface area contributed by atoms with Crippen molar-refractivity contribution < 1.29 is 0 Å². The molecular formula is C14H22. The van der Waals surface area contributed by atoms with Crippen molar-refractivity contribution in [2.24, 2.45) is 0 Å². The molecular weight excluding hydrogens is 168 g/mol. The summed E-state index contributed by atoms with van der Waals surface area (Å²) < 4.78 is 0. The van der Waals surface area contributed by atoms with E-state index in [-0.39, 0.29) is 0 Å². The highest BCUT2D eigenvalue weighted by Gasteiger charge is 1.82. The van der Waals surface area contributed by atoms with Gasteiger partial charge in [0.1, 0.15) is 0 Å². The quantitative estimate of drug-likeness (QED) is 0.527. The largest absolute Gasteiger partial charge is 0.0877 e. The van der Waals surface area contributed by atoms with Gasteiger partial charge >= 0.3 is 0 Å². The van der Waals surface area contributed by atoms with Crippen molar-refractivity contribution in [3.8, 4) is 0 Å². The molecule has 0 fully saturated rings. The molecule has 0 N–H and O–H groups in total. The van der Waals surface area contributed by atoms with Gasteiger partial charge in [-0.2, -0.15) is 0 Å². The third kappa shape index (κ3) is 7.60. The molecule has 0 heteroatoms. The molecule has 14 heavy (non-hydrogen) atoms. The number of hydrogen-bond donors (Lipinski definition) is 0. The van der Waals surface area contributed by atoms with E-state index in [2.05, 4.69) is 56.4 Å². The summed E-state index contributed by atoms with van der Waals surface area (Å²) >= 11 is 0. The number of rotatable bonds is 6. The predicted octanol–water partition coefficient (Wildman–Crippen LogP) is 4.81. The SMILES string of the molecule is CC=CC=C(C=CC=CCCC)CC. The Morgan fingerprint density at radius 3 is 2.43 bits per heavy atom.